The minimum Gasteiger partial charge on any atom is -0.456 e. The Morgan fingerprint density at radius 3 is 2.56 bits per heavy atom. The number of carbonyl (C=O) groups is 1. The summed E-state index contributed by atoms with van der Waals surface area (Å²) >= 11 is 0. The Balaban J connectivity index is 1.88. The van der Waals surface area contributed by atoms with E-state index in [0.717, 1.165) is 11.1 Å². The van der Waals surface area contributed by atoms with Crippen LogP contribution in [0.1, 0.15) is 21.5 Å². The molecule has 0 atom stereocenters. The van der Waals surface area contributed by atoms with Crippen LogP contribution in [-0.2, 0) is 0 Å². The third-order valence-corrected chi connectivity index (χ3v) is 4.19. The summed E-state index contributed by atoms with van der Waals surface area (Å²) in [5, 5.41) is 8.76. The van der Waals surface area contributed by atoms with Crippen molar-refractivity contribution in [2.75, 3.05) is 0 Å². The molecule has 3 aromatic rings. The van der Waals surface area contributed by atoms with Gasteiger partial charge in [-0.3, -0.25) is 10.0 Å². The number of carbonyl (C=O) groups excluding carboxylic acids is 1. The van der Waals surface area contributed by atoms with E-state index in [4.69, 9.17) is 21.5 Å². The van der Waals surface area contributed by atoms with Crippen LogP contribution in [0.5, 0.6) is 11.5 Å². The van der Waals surface area contributed by atoms with E-state index in [1.54, 1.807) is 47.9 Å². The van der Waals surface area contributed by atoms with Crippen molar-refractivity contribution in [1.29, 1.82) is 0 Å². The maximum absolute atomic E-state index is 11.5. The van der Waals surface area contributed by atoms with Crippen molar-refractivity contribution in [3.63, 3.8) is 0 Å². The average molecular weight is 355 g/mol. The van der Waals surface area contributed by atoms with E-state index in [2.05, 4.69) is 4.85 Å². The number of hydrogen-bond donors (Lipinski definition) is 2. The van der Waals surface area contributed by atoms with Crippen LogP contribution in [0.15, 0.2) is 71.7 Å². The maximum atomic E-state index is 11.5. The number of nitrogens with zero attached hydrogens (tertiary/aromatic N) is 2. The van der Waals surface area contributed by atoms with Crippen molar-refractivity contribution in [3.05, 3.63) is 94.8 Å². The predicted octanol–water partition coefficient (Wildman–Crippen LogP) is 4.63. The van der Waals surface area contributed by atoms with Gasteiger partial charge in [0.05, 0.1) is 12.3 Å². The van der Waals surface area contributed by atoms with Crippen LogP contribution in [0.4, 0.5) is 11.4 Å². The van der Waals surface area contributed by atoms with Gasteiger partial charge in [0.2, 0.25) is 0 Å². The van der Waals surface area contributed by atoms with Gasteiger partial charge in [-0.1, -0.05) is 30.3 Å². The molecule has 0 radical (unpaired) electrons. The summed E-state index contributed by atoms with van der Waals surface area (Å²) in [6.07, 6.45) is 0. The van der Waals surface area contributed by atoms with Crippen molar-refractivity contribution < 1.29 is 14.7 Å². The lowest BCUT2D eigenvalue weighted by molar-refractivity contribution is 0.0706. The highest BCUT2D eigenvalue weighted by atomic mass is 16.5. The number of fused-ring (bicyclic) bond motifs is 2. The summed E-state index contributed by atoms with van der Waals surface area (Å²) < 4.78 is 6.02. The van der Waals surface area contributed by atoms with Gasteiger partial charge in [0, 0.05) is 16.7 Å². The van der Waals surface area contributed by atoms with Crippen LogP contribution in [0.3, 0.4) is 0 Å². The largest absolute Gasteiger partial charge is 0.456 e. The Morgan fingerprint density at radius 2 is 1.81 bits per heavy atom. The van der Waals surface area contributed by atoms with Gasteiger partial charge in [0.25, 0.3) is 5.91 Å². The number of aliphatic imine (C=N–C) groups is 1. The first-order valence-corrected chi connectivity index (χ1v) is 8.12. The molecular weight excluding hydrogens is 342 g/mol. The van der Waals surface area contributed by atoms with Gasteiger partial charge in [-0.25, -0.2) is 15.3 Å². The van der Waals surface area contributed by atoms with Gasteiger partial charge in [-0.15, -0.1) is 0 Å². The zero-order valence-corrected chi connectivity index (χ0v) is 14.0. The fourth-order valence-corrected chi connectivity index (χ4v) is 2.86. The van der Waals surface area contributed by atoms with Crippen LogP contribution in [-0.4, -0.2) is 16.8 Å². The normalized spacial score (nSPS) is 11.8. The molecule has 130 valence electrons. The minimum atomic E-state index is -0.579. The number of hydrogen-bond acceptors (Lipinski definition) is 4. The number of nitrogens with one attached hydrogen (secondary N) is 1. The molecule has 6 nitrogen and oxygen atoms in total. The minimum absolute atomic E-state index is 0.335. The van der Waals surface area contributed by atoms with E-state index in [1.165, 1.54) is 0 Å². The van der Waals surface area contributed by atoms with E-state index in [9.17, 15) is 4.79 Å². The summed E-state index contributed by atoms with van der Waals surface area (Å²) in [5.74, 6) is 0.571. The first kappa shape index (κ1) is 16.5. The second kappa shape index (κ2) is 6.75. The Hall–Kier alpha value is -3.95. The van der Waals surface area contributed by atoms with Crippen molar-refractivity contribution >= 4 is 23.0 Å². The van der Waals surface area contributed by atoms with Gasteiger partial charge in [-0.05, 0) is 36.4 Å². The highest BCUT2D eigenvalue weighted by molar-refractivity contribution is 6.16. The molecule has 1 aliphatic heterocycles. The van der Waals surface area contributed by atoms with Crippen molar-refractivity contribution in [3.8, 4) is 11.5 Å². The number of benzene rings is 3. The number of hydroxylamine groups is 1. The number of ether oxygens (including phenoxy) is 1. The van der Waals surface area contributed by atoms with Gasteiger partial charge in [0.1, 0.15) is 17.2 Å². The van der Waals surface area contributed by atoms with Crippen LogP contribution in [0.2, 0.25) is 0 Å². The van der Waals surface area contributed by atoms with E-state index in [-0.39, 0.29) is 0 Å². The highest BCUT2D eigenvalue weighted by Gasteiger charge is 2.19. The monoisotopic (exact) mass is 355 g/mol. The number of para-hydroxylation sites is 1. The molecule has 0 saturated heterocycles. The van der Waals surface area contributed by atoms with E-state index < -0.39 is 5.91 Å². The highest BCUT2D eigenvalue weighted by Crippen LogP contribution is 2.40. The third kappa shape index (κ3) is 3.03. The number of rotatable bonds is 2. The van der Waals surface area contributed by atoms with Gasteiger partial charge in [0.15, 0.2) is 5.69 Å². The molecule has 4 rings (SSSR count). The molecule has 1 heterocycles. The molecule has 27 heavy (non-hydrogen) atoms. The Labute approximate surface area is 155 Å². The first-order chi connectivity index (χ1) is 13.2. The molecule has 6 heteroatoms. The van der Waals surface area contributed by atoms with Crippen LogP contribution < -0.4 is 10.2 Å². The number of amides is 1. The van der Waals surface area contributed by atoms with Crippen LogP contribution in [0, 0.1) is 6.57 Å². The topological polar surface area (TPSA) is 75.3 Å². The summed E-state index contributed by atoms with van der Waals surface area (Å²) in [5.41, 5.74) is 5.33. The molecule has 0 fully saturated rings. The average Bonchev–Trinajstić information content (AvgIpc) is 2.89. The molecule has 0 saturated carbocycles. The van der Waals surface area contributed by atoms with E-state index in [1.807, 2.05) is 24.3 Å². The lowest BCUT2D eigenvalue weighted by atomic mass is 10.00. The molecule has 1 amide bonds. The van der Waals surface area contributed by atoms with Crippen molar-refractivity contribution in [2.45, 2.75) is 0 Å². The molecule has 0 aromatic heterocycles. The molecular formula is C21H13N3O3. The zero-order valence-electron chi connectivity index (χ0n) is 14.0. The fraction of sp³-hybridized carbons (Fsp3) is 0. The second-order valence-corrected chi connectivity index (χ2v) is 5.84. The summed E-state index contributed by atoms with van der Waals surface area (Å²) in [4.78, 5) is 19.7. The Morgan fingerprint density at radius 1 is 1.04 bits per heavy atom. The smallest absolute Gasteiger partial charge is 0.274 e. The molecule has 0 bridgehead atoms. The summed E-state index contributed by atoms with van der Waals surface area (Å²) in [6.45, 7) is 7.19. The molecule has 3 aromatic carbocycles. The lowest BCUT2D eigenvalue weighted by Crippen LogP contribution is -2.18. The first-order valence-electron chi connectivity index (χ1n) is 8.12. The SMILES string of the molecule is [C-]#[N+]c1ccc2c(c1)Oc1ccccc1C(c1ccc(C(=O)NO)cc1)=N2. The van der Waals surface area contributed by atoms with Gasteiger partial charge in [-0.2, -0.15) is 0 Å². The van der Waals surface area contributed by atoms with E-state index in [0.29, 0.717) is 34.1 Å². The van der Waals surface area contributed by atoms with E-state index >= 15 is 0 Å². The molecule has 0 unspecified atom stereocenters. The van der Waals surface area contributed by atoms with Crippen LogP contribution >= 0.6 is 0 Å². The van der Waals surface area contributed by atoms with Crippen molar-refractivity contribution in [2.24, 2.45) is 4.99 Å². The zero-order chi connectivity index (χ0) is 18.8. The predicted molar refractivity (Wildman–Crippen MR) is 100 cm³/mol. The molecule has 2 N–H and O–H groups in total. The fourth-order valence-electron chi connectivity index (χ4n) is 2.86. The standard InChI is InChI=1S/C21H13N3O3/c1-22-15-10-11-17-19(12-15)27-18-5-3-2-4-16(18)20(23-17)13-6-8-14(9-7-13)21(25)24-26/h2-12,26H,(H,24,25). The second-order valence-electron chi connectivity index (χ2n) is 5.84. The van der Waals surface area contributed by atoms with Gasteiger partial charge < -0.3 is 4.74 Å². The van der Waals surface area contributed by atoms with Gasteiger partial charge >= 0.3 is 0 Å². The Bertz CT molecular complexity index is 1110. The quantitative estimate of drug-likeness (QED) is 0.313. The Kier molecular flexibility index (Phi) is 4.13. The molecule has 0 spiro atoms. The summed E-state index contributed by atoms with van der Waals surface area (Å²) in [6, 6.07) is 19.4. The summed E-state index contributed by atoms with van der Waals surface area (Å²) in [7, 11) is 0. The molecule has 0 aliphatic carbocycles. The molecule has 1 aliphatic rings. The van der Waals surface area contributed by atoms with Crippen molar-refractivity contribution in [1.82, 2.24) is 5.48 Å². The third-order valence-electron chi connectivity index (χ3n) is 4.19. The lowest BCUT2D eigenvalue weighted by Gasteiger charge is -2.10. The maximum Gasteiger partial charge on any atom is 0.274 e. The van der Waals surface area contributed by atoms with Crippen LogP contribution in [0.25, 0.3) is 4.85 Å².